The van der Waals surface area contributed by atoms with Gasteiger partial charge in [0.2, 0.25) is 21.8 Å². The lowest BCUT2D eigenvalue weighted by Gasteiger charge is -2.22. The molecular formula is C22H32N4O4S2. The second-order valence-electron chi connectivity index (χ2n) is 8.00. The number of benzene rings is 1. The molecule has 1 fully saturated rings. The van der Waals surface area contributed by atoms with E-state index in [0.29, 0.717) is 31.1 Å². The molecule has 0 radical (unpaired) electrons. The molecule has 176 valence electrons. The maximum absolute atomic E-state index is 12.8. The van der Waals surface area contributed by atoms with E-state index in [4.69, 9.17) is 4.42 Å². The second kappa shape index (κ2) is 11.3. The van der Waals surface area contributed by atoms with Gasteiger partial charge in [0.1, 0.15) is 0 Å². The highest BCUT2D eigenvalue weighted by molar-refractivity contribution is 8.00. The van der Waals surface area contributed by atoms with Gasteiger partial charge in [-0.25, -0.2) is 8.42 Å². The van der Waals surface area contributed by atoms with Crippen LogP contribution in [0.4, 0.5) is 0 Å². The maximum atomic E-state index is 12.8. The number of aromatic nitrogens is 2. The van der Waals surface area contributed by atoms with Gasteiger partial charge in [-0.3, -0.25) is 4.79 Å². The molecule has 10 heteroatoms. The molecule has 1 atom stereocenters. The van der Waals surface area contributed by atoms with Gasteiger partial charge in [-0.1, -0.05) is 50.9 Å². The summed E-state index contributed by atoms with van der Waals surface area (Å²) in [6.45, 7) is 6.92. The average Bonchev–Trinajstić information content (AvgIpc) is 3.27. The van der Waals surface area contributed by atoms with Crippen LogP contribution in [0.1, 0.15) is 52.9 Å². The van der Waals surface area contributed by atoms with E-state index in [1.807, 2.05) is 6.92 Å². The highest BCUT2D eigenvalue weighted by Crippen LogP contribution is 2.28. The zero-order valence-electron chi connectivity index (χ0n) is 18.9. The third-order valence-corrected chi connectivity index (χ3v) is 8.75. The Labute approximate surface area is 194 Å². The Morgan fingerprint density at radius 2 is 1.94 bits per heavy atom. The van der Waals surface area contributed by atoms with Crippen LogP contribution in [0.3, 0.4) is 0 Å². The van der Waals surface area contributed by atoms with Crippen LogP contribution in [0.15, 0.2) is 38.8 Å². The van der Waals surface area contributed by atoms with Crippen molar-refractivity contribution in [2.24, 2.45) is 5.92 Å². The largest absolute Gasteiger partial charge is 0.411 e. The summed E-state index contributed by atoms with van der Waals surface area (Å²) in [7, 11) is -3.59. The van der Waals surface area contributed by atoms with Crippen LogP contribution in [-0.2, 0) is 14.8 Å². The van der Waals surface area contributed by atoms with E-state index in [2.05, 4.69) is 15.5 Å². The first kappa shape index (κ1) is 24.7. The minimum Gasteiger partial charge on any atom is -0.411 e. The fourth-order valence-corrected chi connectivity index (χ4v) is 6.07. The first-order valence-corrected chi connectivity index (χ1v) is 13.6. The fraction of sp³-hybridized carbons (Fsp3) is 0.591. The van der Waals surface area contributed by atoms with Crippen molar-refractivity contribution in [3.8, 4) is 11.5 Å². The van der Waals surface area contributed by atoms with Crippen molar-refractivity contribution in [3.05, 3.63) is 24.3 Å². The van der Waals surface area contributed by atoms with Crippen molar-refractivity contribution < 1.29 is 17.6 Å². The molecule has 2 aromatic rings. The molecule has 1 N–H and O–H groups in total. The Morgan fingerprint density at radius 3 is 2.62 bits per heavy atom. The van der Waals surface area contributed by atoms with Crippen LogP contribution in [-0.4, -0.2) is 53.7 Å². The molecule has 32 heavy (non-hydrogen) atoms. The Bertz CT molecular complexity index is 999. The summed E-state index contributed by atoms with van der Waals surface area (Å²) >= 11 is 1.20. The van der Waals surface area contributed by atoms with E-state index >= 15 is 0 Å². The van der Waals surface area contributed by atoms with Crippen molar-refractivity contribution in [3.63, 3.8) is 0 Å². The zero-order chi connectivity index (χ0) is 23.1. The second-order valence-corrected chi connectivity index (χ2v) is 11.2. The van der Waals surface area contributed by atoms with Crippen LogP contribution in [0.2, 0.25) is 0 Å². The van der Waals surface area contributed by atoms with Gasteiger partial charge in [-0.2, -0.15) is 4.31 Å². The number of carbonyl (C=O) groups excluding carboxylic acids is 1. The fourth-order valence-electron chi connectivity index (χ4n) is 3.86. The van der Waals surface area contributed by atoms with Gasteiger partial charge in [0, 0.05) is 25.2 Å². The van der Waals surface area contributed by atoms with Crippen LogP contribution >= 0.6 is 11.8 Å². The van der Waals surface area contributed by atoms with E-state index in [0.717, 1.165) is 0 Å². The van der Waals surface area contributed by atoms with E-state index < -0.39 is 10.0 Å². The third-order valence-electron chi connectivity index (χ3n) is 5.77. The number of carbonyl (C=O) groups is 1. The quantitative estimate of drug-likeness (QED) is 0.513. The van der Waals surface area contributed by atoms with Gasteiger partial charge in [0.25, 0.3) is 5.22 Å². The van der Waals surface area contributed by atoms with Gasteiger partial charge in [-0.15, -0.1) is 10.2 Å². The summed E-state index contributed by atoms with van der Waals surface area (Å²) in [5.74, 6) is 0.742. The normalized spacial score (nSPS) is 16.2. The molecule has 3 rings (SSSR count). The topological polar surface area (TPSA) is 105 Å². The molecule has 1 unspecified atom stereocenters. The smallest absolute Gasteiger partial charge is 0.277 e. The molecule has 1 aliphatic carbocycles. The molecule has 0 saturated heterocycles. The summed E-state index contributed by atoms with van der Waals surface area (Å²) in [4.78, 5) is 12.6. The molecule has 0 spiro atoms. The summed E-state index contributed by atoms with van der Waals surface area (Å²) in [6, 6.07) is 6.48. The number of nitrogens with zero attached hydrogens (tertiary/aromatic N) is 3. The first-order valence-electron chi connectivity index (χ1n) is 11.2. The predicted octanol–water partition coefficient (Wildman–Crippen LogP) is 3.94. The molecule has 0 bridgehead atoms. The molecule has 1 amide bonds. The Balaban J connectivity index is 1.63. The van der Waals surface area contributed by atoms with Gasteiger partial charge in [-0.05, 0) is 43.9 Å². The van der Waals surface area contributed by atoms with Crippen LogP contribution < -0.4 is 5.32 Å². The molecule has 1 saturated carbocycles. The highest BCUT2D eigenvalue weighted by Gasteiger charge is 2.24. The summed E-state index contributed by atoms with van der Waals surface area (Å²) in [5.41, 5.74) is 0.520. The van der Waals surface area contributed by atoms with Crippen molar-refractivity contribution >= 4 is 27.7 Å². The summed E-state index contributed by atoms with van der Waals surface area (Å²) in [6.07, 6.45) is 6.14. The lowest BCUT2D eigenvalue weighted by molar-refractivity contribution is -0.120. The highest BCUT2D eigenvalue weighted by atomic mass is 32.2. The van der Waals surface area contributed by atoms with Crippen LogP contribution in [0, 0.1) is 5.92 Å². The lowest BCUT2D eigenvalue weighted by Crippen LogP contribution is -2.35. The number of amides is 1. The molecule has 8 nitrogen and oxygen atoms in total. The van der Waals surface area contributed by atoms with E-state index in [1.165, 1.54) is 54.2 Å². The number of rotatable bonds is 10. The van der Waals surface area contributed by atoms with Crippen molar-refractivity contribution in [1.82, 2.24) is 19.8 Å². The van der Waals surface area contributed by atoms with Crippen molar-refractivity contribution in [2.45, 2.75) is 68.2 Å². The Morgan fingerprint density at radius 1 is 1.22 bits per heavy atom. The zero-order valence-corrected chi connectivity index (χ0v) is 20.5. The van der Waals surface area contributed by atoms with Gasteiger partial charge in [0.15, 0.2) is 0 Å². The number of hydrogen-bond acceptors (Lipinski definition) is 7. The third kappa shape index (κ3) is 6.11. The Hall–Kier alpha value is -1.91. The van der Waals surface area contributed by atoms with Gasteiger partial charge >= 0.3 is 0 Å². The monoisotopic (exact) mass is 480 g/mol. The van der Waals surface area contributed by atoms with Crippen LogP contribution in [0.25, 0.3) is 11.5 Å². The van der Waals surface area contributed by atoms with Crippen molar-refractivity contribution in [2.75, 3.05) is 19.6 Å². The number of hydrogen-bond donors (Lipinski definition) is 1. The molecule has 1 heterocycles. The minimum atomic E-state index is -3.59. The Kier molecular flexibility index (Phi) is 8.72. The van der Waals surface area contributed by atoms with E-state index in [9.17, 15) is 13.2 Å². The van der Waals surface area contributed by atoms with Gasteiger partial charge in [0.05, 0.1) is 10.1 Å². The van der Waals surface area contributed by atoms with E-state index in [1.54, 1.807) is 32.0 Å². The number of nitrogens with one attached hydrogen (secondary N) is 1. The maximum Gasteiger partial charge on any atom is 0.277 e. The molecule has 1 aliphatic rings. The van der Waals surface area contributed by atoms with E-state index in [-0.39, 0.29) is 27.2 Å². The molecule has 1 aromatic heterocycles. The minimum absolute atomic E-state index is 0.0485. The SMILES string of the molecule is CCN(CC)S(=O)(=O)c1cccc(-c2nnc(SC(C)C(=O)NCC3CCCCC3)o2)c1. The summed E-state index contributed by atoms with van der Waals surface area (Å²) < 4.78 is 32.7. The first-order chi connectivity index (χ1) is 15.3. The number of sulfonamides is 1. The van der Waals surface area contributed by atoms with Crippen molar-refractivity contribution in [1.29, 1.82) is 0 Å². The lowest BCUT2D eigenvalue weighted by atomic mass is 9.89. The molecule has 1 aromatic carbocycles. The summed E-state index contributed by atoms with van der Waals surface area (Å²) in [5, 5.41) is 11.0. The molecule has 0 aliphatic heterocycles. The number of thioether (sulfide) groups is 1. The standard InChI is InChI=1S/C22H32N4O4S2/c1-4-26(5-2)32(28,29)19-13-9-12-18(14-19)21-24-25-22(30-21)31-16(3)20(27)23-15-17-10-7-6-8-11-17/h9,12-14,16-17H,4-8,10-11,15H2,1-3H3,(H,23,27). The predicted molar refractivity (Wildman–Crippen MR) is 125 cm³/mol. The van der Waals surface area contributed by atoms with Crippen LogP contribution in [0.5, 0.6) is 0 Å². The average molecular weight is 481 g/mol. The van der Waals surface area contributed by atoms with Gasteiger partial charge < -0.3 is 9.73 Å². The molecular weight excluding hydrogens is 448 g/mol.